The van der Waals surface area contributed by atoms with E-state index in [9.17, 15) is 0 Å². The van der Waals surface area contributed by atoms with Gasteiger partial charge >= 0.3 is 0 Å². The van der Waals surface area contributed by atoms with Crippen molar-refractivity contribution in [2.45, 2.75) is 33.7 Å². The van der Waals surface area contributed by atoms with Gasteiger partial charge < -0.3 is 5.73 Å². The summed E-state index contributed by atoms with van der Waals surface area (Å²) >= 11 is 0. The predicted octanol–water partition coefficient (Wildman–Crippen LogP) is 3.97. The second kappa shape index (κ2) is 4.95. The summed E-state index contributed by atoms with van der Waals surface area (Å²) in [5, 5.41) is 0. The van der Waals surface area contributed by atoms with Crippen molar-refractivity contribution in [2.24, 2.45) is 5.73 Å². The highest BCUT2D eigenvalue weighted by Crippen LogP contribution is 2.28. The summed E-state index contributed by atoms with van der Waals surface area (Å²) in [5.74, 6) is 0. The Bertz CT molecular complexity index is 550. The lowest BCUT2D eigenvalue weighted by Gasteiger charge is -2.20. The van der Waals surface area contributed by atoms with Gasteiger partial charge in [-0.25, -0.2) is 0 Å². The maximum absolute atomic E-state index is 6.49. The lowest BCUT2D eigenvalue weighted by Crippen LogP contribution is -2.16. The number of hydrogen-bond donors (Lipinski definition) is 1. The van der Waals surface area contributed by atoms with E-state index in [1.165, 1.54) is 33.4 Å². The molecule has 0 spiro atoms. The predicted molar refractivity (Wildman–Crippen MR) is 77.9 cm³/mol. The zero-order chi connectivity index (χ0) is 13.3. The van der Waals surface area contributed by atoms with Crippen molar-refractivity contribution >= 4 is 0 Å². The van der Waals surface area contributed by atoms with E-state index in [0.29, 0.717) is 0 Å². The highest BCUT2D eigenvalue weighted by molar-refractivity contribution is 5.44. The van der Waals surface area contributed by atoms with Crippen molar-refractivity contribution < 1.29 is 0 Å². The Morgan fingerprint density at radius 1 is 0.833 bits per heavy atom. The molecule has 1 atom stereocenters. The fourth-order valence-corrected chi connectivity index (χ4v) is 2.57. The van der Waals surface area contributed by atoms with E-state index in [4.69, 9.17) is 5.73 Å². The van der Waals surface area contributed by atoms with Gasteiger partial charge in [0.1, 0.15) is 0 Å². The largest absolute Gasteiger partial charge is 0.320 e. The van der Waals surface area contributed by atoms with Gasteiger partial charge in [0, 0.05) is 0 Å². The smallest absolute Gasteiger partial charge is 0.0559 e. The molecule has 1 nitrogen and oxygen atoms in total. The summed E-state index contributed by atoms with van der Waals surface area (Å²) in [5.41, 5.74) is 14.0. The quantitative estimate of drug-likeness (QED) is 0.843. The number of aryl methyl sites for hydroxylation is 4. The normalized spacial score (nSPS) is 12.5. The highest BCUT2D eigenvalue weighted by Gasteiger charge is 2.15. The van der Waals surface area contributed by atoms with Crippen molar-refractivity contribution in [3.8, 4) is 0 Å². The van der Waals surface area contributed by atoms with Crippen LogP contribution in [0.1, 0.15) is 39.4 Å². The van der Waals surface area contributed by atoms with Crippen LogP contribution in [0.2, 0.25) is 0 Å². The molecule has 2 rings (SSSR count). The van der Waals surface area contributed by atoms with Gasteiger partial charge in [-0.05, 0) is 55.5 Å². The second-order valence-corrected chi connectivity index (χ2v) is 5.14. The average Bonchev–Trinajstić information content (AvgIpc) is 2.32. The Morgan fingerprint density at radius 3 is 2.06 bits per heavy atom. The molecule has 0 saturated heterocycles. The monoisotopic (exact) mass is 239 g/mol. The summed E-state index contributed by atoms with van der Waals surface area (Å²) in [6.45, 7) is 8.50. The van der Waals surface area contributed by atoms with Gasteiger partial charge in [0.25, 0.3) is 0 Å². The van der Waals surface area contributed by atoms with Crippen LogP contribution in [-0.2, 0) is 0 Å². The van der Waals surface area contributed by atoms with Gasteiger partial charge in [-0.2, -0.15) is 0 Å². The summed E-state index contributed by atoms with van der Waals surface area (Å²) in [7, 11) is 0. The molecule has 0 saturated carbocycles. The summed E-state index contributed by atoms with van der Waals surface area (Å²) in [6.07, 6.45) is 0. The molecule has 1 unspecified atom stereocenters. The molecule has 0 aliphatic heterocycles. The van der Waals surface area contributed by atoms with Crippen LogP contribution in [0.4, 0.5) is 0 Å². The van der Waals surface area contributed by atoms with E-state index in [1.54, 1.807) is 0 Å². The third-order valence-corrected chi connectivity index (χ3v) is 3.62. The zero-order valence-electron chi connectivity index (χ0n) is 11.6. The molecule has 0 bridgehead atoms. The number of hydrogen-bond acceptors (Lipinski definition) is 1. The summed E-state index contributed by atoms with van der Waals surface area (Å²) in [6, 6.07) is 12.8. The van der Waals surface area contributed by atoms with E-state index in [-0.39, 0.29) is 6.04 Å². The summed E-state index contributed by atoms with van der Waals surface area (Å²) < 4.78 is 0. The maximum Gasteiger partial charge on any atom is 0.0559 e. The van der Waals surface area contributed by atoms with Crippen LogP contribution in [0.25, 0.3) is 0 Å². The second-order valence-electron chi connectivity index (χ2n) is 5.14. The van der Waals surface area contributed by atoms with Crippen LogP contribution in [0.3, 0.4) is 0 Å². The van der Waals surface area contributed by atoms with Crippen molar-refractivity contribution in [1.82, 2.24) is 0 Å². The lowest BCUT2D eigenvalue weighted by molar-refractivity contribution is 0.841. The molecule has 0 amide bonds. The highest BCUT2D eigenvalue weighted by atomic mass is 14.6. The molecule has 1 heteroatoms. The Morgan fingerprint density at radius 2 is 1.44 bits per heavy atom. The minimum Gasteiger partial charge on any atom is -0.320 e. The van der Waals surface area contributed by atoms with E-state index in [0.717, 1.165) is 0 Å². The van der Waals surface area contributed by atoms with E-state index >= 15 is 0 Å². The molecular formula is C17H21N. The van der Waals surface area contributed by atoms with E-state index in [2.05, 4.69) is 64.1 Å². The first kappa shape index (κ1) is 12.8. The Balaban J connectivity index is 2.54. The molecule has 0 aliphatic rings. The Labute approximate surface area is 110 Å². The van der Waals surface area contributed by atoms with Crippen molar-refractivity contribution in [3.05, 3.63) is 69.8 Å². The van der Waals surface area contributed by atoms with Crippen LogP contribution >= 0.6 is 0 Å². The van der Waals surface area contributed by atoms with Crippen LogP contribution in [-0.4, -0.2) is 0 Å². The van der Waals surface area contributed by atoms with Gasteiger partial charge in [0.15, 0.2) is 0 Å². The molecular weight excluding hydrogens is 218 g/mol. The van der Waals surface area contributed by atoms with Crippen molar-refractivity contribution in [2.75, 3.05) is 0 Å². The van der Waals surface area contributed by atoms with Gasteiger partial charge in [0.05, 0.1) is 6.04 Å². The Hall–Kier alpha value is -1.60. The fourth-order valence-electron chi connectivity index (χ4n) is 2.57. The van der Waals surface area contributed by atoms with E-state index < -0.39 is 0 Å². The van der Waals surface area contributed by atoms with Gasteiger partial charge in [-0.3, -0.25) is 0 Å². The fraction of sp³-hybridized carbons (Fsp3) is 0.294. The first-order chi connectivity index (χ1) is 8.50. The third-order valence-electron chi connectivity index (χ3n) is 3.62. The standard InChI is InChI=1S/C17H21N/c1-11-8-9-12(2)15(10-11)17(18)16-13(3)6-5-7-14(16)4/h5-10,17H,18H2,1-4H3. The van der Waals surface area contributed by atoms with Crippen molar-refractivity contribution in [3.63, 3.8) is 0 Å². The molecule has 0 aliphatic carbocycles. The molecule has 18 heavy (non-hydrogen) atoms. The molecule has 94 valence electrons. The van der Waals surface area contributed by atoms with Gasteiger partial charge in [-0.1, -0.05) is 42.0 Å². The molecule has 2 N–H and O–H groups in total. The minimum absolute atomic E-state index is 0.0360. The summed E-state index contributed by atoms with van der Waals surface area (Å²) in [4.78, 5) is 0. The molecule has 2 aromatic carbocycles. The lowest BCUT2D eigenvalue weighted by atomic mass is 9.89. The topological polar surface area (TPSA) is 26.0 Å². The molecule has 2 aromatic rings. The third kappa shape index (κ3) is 2.32. The first-order valence-electron chi connectivity index (χ1n) is 6.39. The van der Waals surface area contributed by atoms with Crippen LogP contribution in [0.5, 0.6) is 0 Å². The van der Waals surface area contributed by atoms with Crippen LogP contribution < -0.4 is 5.73 Å². The molecule has 0 heterocycles. The van der Waals surface area contributed by atoms with Gasteiger partial charge in [-0.15, -0.1) is 0 Å². The molecule has 0 radical (unpaired) electrons. The van der Waals surface area contributed by atoms with Crippen LogP contribution in [0.15, 0.2) is 36.4 Å². The SMILES string of the molecule is Cc1ccc(C)c(C(N)c2c(C)cccc2C)c1. The first-order valence-corrected chi connectivity index (χ1v) is 6.39. The average molecular weight is 239 g/mol. The van der Waals surface area contributed by atoms with E-state index in [1.807, 2.05) is 0 Å². The minimum atomic E-state index is -0.0360. The van der Waals surface area contributed by atoms with Crippen LogP contribution in [0, 0.1) is 27.7 Å². The molecule has 0 fully saturated rings. The molecule has 0 aromatic heterocycles. The zero-order valence-corrected chi connectivity index (χ0v) is 11.6. The maximum atomic E-state index is 6.49. The number of rotatable bonds is 2. The number of benzene rings is 2. The Kier molecular flexibility index (Phi) is 3.53. The van der Waals surface area contributed by atoms with Crippen molar-refractivity contribution in [1.29, 1.82) is 0 Å². The number of nitrogens with two attached hydrogens (primary N) is 1. The van der Waals surface area contributed by atoms with Gasteiger partial charge in [0.2, 0.25) is 0 Å².